The molecule has 4 heterocycles. The van der Waals surface area contributed by atoms with E-state index in [-0.39, 0.29) is 5.49 Å². The minimum absolute atomic E-state index is 0.232. The average molecular weight is 269 g/mol. The van der Waals surface area contributed by atoms with Crippen molar-refractivity contribution in [3.05, 3.63) is 37.0 Å². The van der Waals surface area contributed by atoms with Crippen molar-refractivity contribution in [3.8, 4) is 0 Å². The number of aryl methyl sites for hydroxylation is 1. The van der Waals surface area contributed by atoms with Crippen molar-refractivity contribution >= 4 is 22.3 Å². The second-order valence-corrected chi connectivity index (χ2v) is 3.97. The second kappa shape index (κ2) is 4.88. The van der Waals surface area contributed by atoms with Crippen LogP contribution in [0.25, 0.3) is 22.3 Å². The normalized spacial score (nSPS) is 10.4. The summed E-state index contributed by atoms with van der Waals surface area (Å²) < 4.78 is 1.77. The third-order valence-corrected chi connectivity index (χ3v) is 2.65. The SMILES string of the molecule is Cn1cnc(=N)c2[nH]cnc21.c1ncc2[nH]cnc2n1. The highest BCUT2D eigenvalue weighted by Crippen LogP contribution is 1.99. The van der Waals surface area contributed by atoms with Crippen LogP contribution in [0.1, 0.15) is 0 Å². The van der Waals surface area contributed by atoms with Crippen LogP contribution >= 0.6 is 0 Å². The molecule has 100 valence electrons. The van der Waals surface area contributed by atoms with E-state index in [9.17, 15) is 0 Å². The predicted molar refractivity (Wildman–Crippen MR) is 70.4 cm³/mol. The molecular formula is C11H11N9. The lowest BCUT2D eigenvalue weighted by molar-refractivity contribution is 0.876. The van der Waals surface area contributed by atoms with E-state index in [0.717, 1.165) is 11.2 Å². The van der Waals surface area contributed by atoms with Gasteiger partial charge >= 0.3 is 0 Å². The van der Waals surface area contributed by atoms with E-state index >= 15 is 0 Å². The van der Waals surface area contributed by atoms with Gasteiger partial charge in [-0.05, 0) is 0 Å². The topological polar surface area (TPSA) is 125 Å². The summed E-state index contributed by atoms with van der Waals surface area (Å²) in [5.74, 6) is 0. The van der Waals surface area contributed by atoms with Crippen LogP contribution in [0.3, 0.4) is 0 Å². The molecule has 0 aromatic carbocycles. The quantitative estimate of drug-likeness (QED) is 0.418. The van der Waals surface area contributed by atoms with E-state index in [0.29, 0.717) is 11.2 Å². The van der Waals surface area contributed by atoms with Crippen LogP contribution in [0.4, 0.5) is 0 Å². The second-order valence-electron chi connectivity index (χ2n) is 3.97. The van der Waals surface area contributed by atoms with Crippen LogP contribution in [0.15, 0.2) is 31.5 Å². The molecule has 0 atom stereocenters. The first kappa shape index (κ1) is 12.0. The van der Waals surface area contributed by atoms with Gasteiger partial charge in [-0.2, -0.15) is 0 Å². The zero-order valence-electron chi connectivity index (χ0n) is 10.6. The standard InChI is InChI=1S/C6H7N5.C5H4N4/c1-11-3-10-5(7)4-6(11)9-2-8-4;1-4-5(8-2-6-1)9-3-7-4/h2-3,7H,1H3,(H,8,9);1-3H,(H,6,7,8,9). The van der Waals surface area contributed by atoms with Crippen molar-refractivity contribution in [1.29, 1.82) is 5.41 Å². The van der Waals surface area contributed by atoms with E-state index in [1.165, 1.54) is 6.33 Å². The van der Waals surface area contributed by atoms with Crippen molar-refractivity contribution in [1.82, 2.24) is 39.5 Å². The molecule has 9 heteroatoms. The molecule has 0 spiro atoms. The van der Waals surface area contributed by atoms with Crippen LogP contribution in [-0.2, 0) is 7.05 Å². The molecule has 0 fully saturated rings. The summed E-state index contributed by atoms with van der Waals surface area (Å²) in [4.78, 5) is 25.2. The van der Waals surface area contributed by atoms with E-state index in [4.69, 9.17) is 5.41 Å². The first-order valence-electron chi connectivity index (χ1n) is 5.74. The van der Waals surface area contributed by atoms with Gasteiger partial charge in [0.2, 0.25) is 0 Å². The predicted octanol–water partition coefficient (Wildman–Crippen LogP) is 0.129. The Kier molecular flexibility index (Phi) is 2.92. The van der Waals surface area contributed by atoms with Crippen LogP contribution in [0.2, 0.25) is 0 Å². The van der Waals surface area contributed by atoms with Crippen molar-refractivity contribution < 1.29 is 0 Å². The summed E-state index contributed by atoms with van der Waals surface area (Å²) >= 11 is 0. The molecule has 0 aliphatic carbocycles. The number of rotatable bonds is 0. The highest BCUT2D eigenvalue weighted by molar-refractivity contribution is 5.68. The molecular weight excluding hydrogens is 258 g/mol. The number of H-pyrrole nitrogens is 2. The smallest absolute Gasteiger partial charge is 0.180 e. The lowest BCUT2D eigenvalue weighted by Gasteiger charge is -1.95. The molecule has 0 saturated heterocycles. The molecule has 0 radical (unpaired) electrons. The summed E-state index contributed by atoms with van der Waals surface area (Å²) in [6, 6.07) is 0. The molecule has 4 rings (SSSR count). The lowest BCUT2D eigenvalue weighted by atomic mass is 10.5. The summed E-state index contributed by atoms with van der Waals surface area (Å²) in [5.41, 5.74) is 3.25. The fraction of sp³-hybridized carbons (Fsp3) is 0.0909. The van der Waals surface area contributed by atoms with Gasteiger partial charge in [-0.15, -0.1) is 0 Å². The minimum atomic E-state index is 0.232. The number of aromatic amines is 2. The number of nitrogens with zero attached hydrogens (tertiary/aromatic N) is 6. The number of aromatic nitrogens is 8. The fourth-order valence-electron chi connectivity index (χ4n) is 1.68. The van der Waals surface area contributed by atoms with Gasteiger partial charge in [0.05, 0.1) is 25.2 Å². The largest absolute Gasteiger partial charge is 0.342 e. The number of hydrogen-bond acceptors (Lipinski definition) is 6. The van der Waals surface area contributed by atoms with Gasteiger partial charge in [-0.25, -0.2) is 24.9 Å². The Morgan fingerprint density at radius 1 is 1.10 bits per heavy atom. The number of fused-ring (bicyclic) bond motifs is 2. The summed E-state index contributed by atoms with van der Waals surface area (Å²) in [6.07, 6.45) is 7.90. The maximum atomic E-state index is 7.38. The van der Waals surface area contributed by atoms with Gasteiger partial charge in [0.15, 0.2) is 16.8 Å². The lowest BCUT2D eigenvalue weighted by Crippen LogP contribution is -2.10. The maximum Gasteiger partial charge on any atom is 0.180 e. The first-order valence-corrected chi connectivity index (χ1v) is 5.74. The molecule has 0 bridgehead atoms. The van der Waals surface area contributed by atoms with E-state index in [1.54, 1.807) is 29.7 Å². The Morgan fingerprint density at radius 2 is 1.95 bits per heavy atom. The van der Waals surface area contributed by atoms with Crippen molar-refractivity contribution in [2.45, 2.75) is 0 Å². The van der Waals surface area contributed by atoms with Crippen molar-refractivity contribution in [2.24, 2.45) is 7.05 Å². The Morgan fingerprint density at radius 3 is 2.75 bits per heavy atom. The molecule has 3 N–H and O–H groups in total. The van der Waals surface area contributed by atoms with Crippen molar-refractivity contribution in [3.63, 3.8) is 0 Å². The molecule has 0 aliphatic heterocycles. The molecule has 0 saturated carbocycles. The first-order chi connectivity index (χ1) is 9.75. The highest BCUT2D eigenvalue weighted by atomic mass is 15.1. The molecule has 4 aromatic rings. The third-order valence-electron chi connectivity index (χ3n) is 2.65. The Balaban J connectivity index is 0.000000123. The van der Waals surface area contributed by atoms with Gasteiger partial charge in [0, 0.05) is 7.05 Å². The van der Waals surface area contributed by atoms with E-state index < -0.39 is 0 Å². The summed E-state index contributed by atoms with van der Waals surface area (Å²) in [7, 11) is 1.84. The van der Waals surface area contributed by atoms with Crippen LogP contribution < -0.4 is 5.49 Å². The monoisotopic (exact) mass is 269 g/mol. The molecule has 0 unspecified atom stereocenters. The zero-order chi connectivity index (χ0) is 13.9. The van der Waals surface area contributed by atoms with Crippen LogP contribution in [-0.4, -0.2) is 39.5 Å². The zero-order valence-corrected chi connectivity index (χ0v) is 10.6. The molecule has 20 heavy (non-hydrogen) atoms. The molecule has 0 aliphatic rings. The van der Waals surface area contributed by atoms with Gasteiger partial charge in [0.1, 0.15) is 17.4 Å². The molecule has 4 aromatic heterocycles. The van der Waals surface area contributed by atoms with Gasteiger partial charge in [0.25, 0.3) is 0 Å². The number of hydrogen-bond donors (Lipinski definition) is 3. The van der Waals surface area contributed by atoms with Gasteiger partial charge in [-0.1, -0.05) is 0 Å². The average Bonchev–Trinajstić information content (AvgIpc) is 3.12. The van der Waals surface area contributed by atoms with Crippen LogP contribution in [0, 0.1) is 5.41 Å². The van der Waals surface area contributed by atoms with Crippen LogP contribution in [0.5, 0.6) is 0 Å². The minimum Gasteiger partial charge on any atom is -0.342 e. The molecule has 0 amide bonds. The Hall–Kier alpha value is -3.10. The maximum absolute atomic E-state index is 7.38. The van der Waals surface area contributed by atoms with Crippen molar-refractivity contribution in [2.75, 3.05) is 0 Å². The van der Waals surface area contributed by atoms with E-state index in [1.807, 2.05) is 7.05 Å². The number of nitrogens with one attached hydrogen (secondary N) is 3. The Labute approximate surface area is 112 Å². The van der Waals surface area contributed by atoms with Gasteiger partial charge in [-0.3, -0.25) is 5.41 Å². The Bertz CT molecular complexity index is 870. The molecule has 9 nitrogen and oxygen atoms in total. The highest BCUT2D eigenvalue weighted by Gasteiger charge is 1.99. The fourth-order valence-corrected chi connectivity index (χ4v) is 1.68. The summed E-state index contributed by atoms with van der Waals surface area (Å²) in [5, 5.41) is 7.38. The van der Waals surface area contributed by atoms with Gasteiger partial charge < -0.3 is 14.5 Å². The number of imidazole rings is 2. The van der Waals surface area contributed by atoms with E-state index in [2.05, 4.69) is 34.9 Å². The third kappa shape index (κ3) is 2.11. The summed E-state index contributed by atoms with van der Waals surface area (Å²) in [6.45, 7) is 0.